The van der Waals surface area contributed by atoms with E-state index in [9.17, 15) is 0 Å². The van der Waals surface area contributed by atoms with Crippen LogP contribution in [0.4, 0.5) is 0 Å². The molecule has 0 unspecified atom stereocenters. The Morgan fingerprint density at radius 2 is 1.86 bits per heavy atom. The first-order valence-corrected chi connectivity index (χ1v) is 4.97. The van der Waals surface area contributed by atoms with Crippen molar-refractivity contribution in [1.82, 2.24) is 9.78 Å². The highest BCUT2D eigenvalue weighted by Crippen LogP contribution is 2.25. The largest absolute Gasteiger partial charge is 0.221 e. The summed E-state index contributed by atoms with van der Waals surface area (Å²) < 4.78 is 1.54. The van der Waals surface area contributed by atoms with Gasteiger partial charge in [0.2, 0.25) is 0 Å². The number of rotatable bonds is 1. The SMILES string of the molecule is Clc1ccc(-n2nccc2Cl)c(Cl)c1. The second-order valence-corrected chi connectivity index (χ2v) is 3.89. The molecule has 1 aromatic heterocycles. The zero-order valence-electron chi connectivity index (χ0n) is 6.92. The van der Waals surface area contributed by atoms with Crippen molar-refractivity contribution in [3.05, 3.63) is 45.7 Å². The van der Waals surface area contributed by atoms with Crippen LogP contribution in [-0.4, -0.2) is 9.78 Å². The molecule has 0 atom stereocenters. The highest BCUT2D eigenvalue weighted by molar-refractivity contribution is 6.36. The number of hydrogen-bond acceptors (Lipinski definition) is 1. The fraction of sp³-hybridized carbons (Fsp3) is 0. The fourth-order valence-electron chi connectivity index (χ4n) is 1.12. The van der Waals surface area contributed by atoms with Crippen LogP contribution in [-0.2, 0) is 0 Å². The monoisotopic (exact) mass is 246 g/mol. The Morgan fingerprint density at radius 1 is 1.07 bits per heavy atom. The van der Waals surface area contributed by atoms with Gasteiger partial charge >= 0.3 is 0 Å². The maximum atomic E-state index is 5.99. The Labute approximate surface area is 96.0 Å². The molecule has 0 saturated carbocycles. The van der Waals surface area contributed by atoms with Gasteiger partial charge in [-0.3, -0.25) is 0 Å². The van der Waals surface area contributed by atoms with Gasteiger partial charge < -0.3 is 0 Å². The summed E-state index contributed by atoms with van der Waals surface area (Å²) in [5, 5.41) is 5.64. The molecule has 2 aromatic rings. The second kappa shape index (κ2) is 3.81. The number of aromatic nitrogens is 2. The number of hydrogen-bond donors (Lipinski definition) is 0. The summed E-state index contributed by atoms with van der Waals surface area (Å²) in [6.45, 7) is 0. The van der Waals surface area contributed by atoms with Gasteiger partial charge in [-0.2, -0.15) is 5.10 Å². The molecule has 0 N–H and O–H groups in total. The molecule has 5 heteroatoms. The Kier molecular flexibility index (Phi) is 2.68. The van der Waals surface area contributed by atoms with Crippen LogP contribution in [0.2, 0.25) is 15.2 Å². The second-order valence-electron chi connectivity index (χ2n) is 2.66. The lowest BCUT2D eigenvalue weighted by Gasteiger charge is -2.05. The molecule has 1 aromatic carbocycles. The van der Waals surface area contributed by atoms with Crippen LogP contribution in [0.1, 0.15) is 0 Å². The summed E-state index contributed by atoms with van der Waals surface area (Å²) in [6, 6.07) is 6.84. The topological polar surface area (TPSA) is 17.8 Å². The van der Waals surface area contributed by atoms with Crippen LogP contribution in [0.5, 0.6) is 0 Å². The first kappa shape index (κ1) is 9.84. The van der Waals surface area contributed by atoms with Gasteiger partial charge in [-0.25, -0.2) is 4.68 Å². The van der Waals surface area contributed by atoms with E-state index in [0.29, 0.717) is 20.9 Å². The van der Waals surface area contributed by atoms with Crippen molar-refractivity contribution in [1.29, 1.82) is 0 Å². The van der Waals surface area contributed by atoms with Gasteiger partial charge in [-0.05, 0) is 24.3 Å². The summed E-state index contributed by atoms with van der Waals surface area (Å²) in [7, 11) is 0. The van der Waals surface area contributed by atoms with Gasteiger partial charge in [0, 0.05) is 5.02 Å². The molecule has 14 heavy (non-hydrogen) atoms. The van der Waals surface area contributed by atoms with E-state index in [0.717, 1.165) is 0 Å². The summed E-state index contributed by atoms with van der Waals surface area (Å²) in [5.74, 6) is 0. The fourth-order valence-corrected chi connectivity index (χ4v) is 1.80. The van der Waals surface area contributed by atoms with Gasteiger partial charge in [-0.15, -0.1) is 0 Å². The van der Waals surface area contributed by atoms with Gasteiger partial charge in [0.1, 0.15) is 5.15 Å². The summed E-state index contributed by atoms with van der Waals surface area (Å²) in [5.41, 5.74) is 0.714. The van der Waals surface area contributed by atoms with Crippen LogP contribution in [0.3, 0.4) is 0 Å². The van der Waals surface area contributed by atoms with Crippen LogP contribution >= 0.6 is 34.8 Å². The first-order valence-electron chi connectivity index (χ1n) is 3.83. The van der Waals surface area contributed by atoms with Gasteiger partial charge in [0.15, 0.2) is 0 Å². The molecule has 0 fully saturated rings. The van der Waals surface area contributed by atoms with Gasteiger partial charge in [0.25, 0.3) is 0 Å². The van der Waals surface area contributed by atoms with Crippen LogP contribution in [0.15, 0.2) is 30.5 Å². The average Bonchev–Trinajstić information content (AvgIpc) is 2.52. The summed E-state index contributed by atoms with van der Waals surface area (Å²) in [4.78, 5) is 0. The van der Waals surface area contributed by atoms with E-state index in [-0.39, 0.29) is 0 Å². The Balaban J connectivity index is 2.58. The number of halogens is 3. The molecule has 0 aliphatic rings. The lowest BCUT2D eigenvalue weighted by molar-refractivity contribution is 0.881. The lowest BCUT2D eigenvalue weighted by Crippen LogP contribution is -1.96. The van der Waals surface area contributed by atoms with E-state index in [4.69, 9.17) is 34.8 Å². The van der Waals surface area contributed by atoms with Gasteiger partial charge in [-0.1, -0.05) is 34.8 Å². The molecule has 2 nitrogen and oxygen atoms in total. The maximum absolute atomic E-state index is 5.99. The molecule has 0 amide bonds. The average molecular weight is 248 g/mol. The minimum absolute atomic E-state index is 0.509. The molecule has 2 rings (SSSR count). The molecular formula is C9H5Cl3N2. The Bertz CT molecular complexity index is 465. The molecule has 0 bridgehead atoms. The van der Waals surface area contributed by atoms with E-state index >= 15 is 0 Å². The molecule has 0 spiro atoms. The zero-order valence-corrected chi connectivity index (χ0v) is 9.18. The summed E-state index contributed by atoms with van der Waals surface area (Å²) >= 11 is 17.7. The maximum Gasteiger partial charge on any atom is 0.132 e. The quantitative estimate of drug-likeness (QED) is 0.749. The van der Waals surface area contributed by atoms with E-state index in [1.807, 2.05) is 0 Å². The molecule has 72 valence electrons. The van der Waals surface area contributed by atoms with Crippen LogP contribution < -0.4 is 0 Å². The van der Waals surface area contributed by atoms with Crippen molar-refractivity contribution in [2.24, 2.45) is 0 Å². The van der Waals surface area contributed by atoms with Crippen molar-refractivity contribution in [3.63, 3.8) is 0 Å². The standard InChI is InChI=1S/C9H5Cl3N2/c10-6-1-2-8(7(11)5-6)14-9(12)3-4-13-14/h1-5H. The normalized spacial score (nSPS) is 10.5. The van der Waals surface area contributed by atoms with Crippen molar-refractivity contribution in [2.45, 2.75) is 0 Å². The molecule has 0 saturated heterocycles. The zero-order chi connectivity index (χ0) is 10.1. The molecule has 0 aliphatic heterocycles. The first-order chi connectivity index (χ1) is 6.68. The molecule has 0 aliphatic carbocycles. The van der Waals surface area contributed by atoms with E-state index in [2.05, 4.69) is 5.10 Å². The van der Waals surface area contributed by atoms with E-state index in [1.54, 1.807) is 35.1 Å². The Morgan fingerprint density at radius 3 is 2.43 bits per heavy atom. The molecular weight excluding hydrogens is 242 g/mol. The molecule has 0 radical (unpaired) electrons. The van der Waals surface area contributed by atoms with Crippen molar-refractivity contribution in [3.8, 4) is 5.69 Å². The van der Waals surface area contributed by atoms with Crippen molar-refractivity contribution < 1.29 is 0 Å². The minimum atomic E-state index is 0.509. The summed E-state index contributed by atoms with van der Waals surface area (Å²) in [6.07, 6.45) is 1.60. The smallest absolute Gasteiger partial charge is 0.132 e. The Hall–Kier alpha value is -0.700. The van der Waals surface area contributed by atoms with Crippen LogP contribution in [0.25, 0.3) is 5.69 Å². The van der Waals surface area contributed by atoms with Crippen molar-refractivity contribution >= 4 is 34.8 Å². The third kappa shape index (κ3) is 1.73. The third-order valence-electron chi connectivity index (χ3n) is 1.73. The highest BCUT2D eigenvalue weighted by Gasteiger charge is 2.06. The van der Waals surface area contributed by atoms with E-state index < -0.39 is 0 Å². The number of nitrogens with zero attached hydrogens (tertiary/aromatic N) is 2. The predicted molar refractivity (Wildman–Crippen MR) is 58.6 cm³/mol. The van der Waals surface area contributed by atoms with Crippen molar-refractivity contribution in [2.75, 3.05) is 0 Å². The molecule has 1 heterocycles. The predicted octanol–water partition coefficient (Wildman–Crippen LogP) is 3.83. The minimum Gasteiger partial charge on any atom is -0.221 e. The van der Waals surface area contributed by atoms with E-state index in [1.165, 1.54) is 0 Å². The highest BCUT2D eigenvalue weighted by atomic mass is 35.5. The van der Waals surface area contributed by atoms with Gasteiger partial charge in [0.05, 0.1) is 16.9 Å². The van der Waals surface area contributed by atoms with Crippen LogP contribution in [0, 0.1) is 0 Å². The lowest BCUT2D eigenvalue weighted by atomic mass is 10.3. The number of benzene rings is 1. The third-order valence-corrected chi connectivity index (χ3v) is 2.56.